The Labute approximate surface area is 183 Å². The maximum Gasteiger partial charge on any atom is 0.222 e. The predicted octanol–water partition coefficient (Wildman–Crippen LogP) is 5.25. The minimum Gasteiger partial charge on any atom is -0.491 e. The Hall–Kier alpha value is -2.82. The normalized spacial score (nSPS) is 16.0. The second kappa shape index (κ2) is 8.74. The van der Waals surface area contributed by atoms with E-state index in [0.29, 0.717) is 6.54 Å². The first-order valence-electron chi connectivity index (χ1n) is 11.2. The molecule has 0 fully saturated rings. The van der Waals surface area contributed by atoms with Crippen LogP contribution < -0.4 is 10.1 Å². The molecule has 0 bridgehead atoms. The van der Waals surface area contributed by atoms with Crippen molar-refractivity contribution in [2.24, 2.45) is 5.92 Å². The number of carbonyl (C=O) groups excluding carboxylic acids is 1. The molecule has 1 amide bonds. The molecule has 3 aromatic rings. The van der Waals surface area contributed by atoms with Crippen LogP contribution in [0.1, 0.15) is 50.9 Å². The zero-order chi connectivity index (χ0) is 22.1. The van der Waals surface area contributed by atoms with Gasteiger partial charge < -0.3 is 14.6 Å². The summed E-state index contributed by atoms with van der Waals surface area (Å²) in [6.07, 6.45) is 2.68. The molecule has 5 heteroatoms. The topological polar surface area (TPSA) is 43.3 Å². The highest BCUT2D eigenvalue weighted by Crippen LogP contribution is 2.35. The van der Waals surface area contributed by atoms with Gasteiger partial charge in [-0.2, -0.15) is 0 Å². The molecule has 1 aliphatic carbocycles. The summed E-state index contributed by atoms with van der Waals surface area (Å²) < 4.78 is 22.1. The van der Waals surface area contributed by atoms with E-state index in [1.165, 1.54) is 17.3 Å². The van der Waals surface area contributed by atoms with Gasteiger partial charge in [-0.1, -0.05) is 26.0 Å². The number of amides is 1. The molecule has 1 aromatic heterocycles. The number of rotatable bonds is 6. The number of hydrogen-bond donors (Lipinski definition) is 1. The molecule has 4 nitrogen and oxygen atoms in total. The second-order valence-corrected chi connectivity index (χ2v) is 9.09. The Kier molecular flexibility index (Phi) is 6.03. The molecule has 1 N–H and O–H groups in total. The fourth-order valence-corrected chi connectivity index (χ4v) is 4.46. The van der Waals surface area contributed by atoms with Crippen molar-refractivity contribution in [1.29, 1.82) is 0 Å². The maximum absolute atomic E-state index is 13.8. The van der Waals surface area contributed by atoms with E-state index in [0.717, 1.165) is 41.5 Å². The molecule has 31 heavy (non-hydrogen) atoms. The summed E-state index contributed by atoms with van der Waals surface area (Å²) in [6, 6.07) is 13.2. The Bertz CT molecular complexity index is 1100. The highest BCUT2D eigenvalue weighted by atomic mass is 19.1. The molecule has 164 valence electrons. The van der Waals surface area contributed by atoms with Gasteiger partial charge in [-0.05, 0) is 74.6 Å². The van der Waals surface area contributed by atoms with Gasteiger partial charge in [-0.25, -0.2) is 4.39 Å². The van der Waals surface area contributed by atoms with E-state index < -0.39 is 0 Å². The fraction of sp³-hybridized carbons (Fsp3) is 0.423. The SMILES string of the molecule is CC(C)Oc1ccc2c(c1)c1c(n2Cc2cccc(F)c2)CCC(NC(=O)C(C)C)C1. The number of nitrogens with one attached hydrogen (secondary N) is 1. The standard InChI is InChI=1S/C26H31FN2O2/c1-16(2)26(30)28-20-8-10-24-22(13-20)23-14-21(31-17(3)4)9-11-25(23)29(24)15-18-6-5-7-19(27)12-18/h5-7,9,11-12,14,16-17,20H,8,10,13,15H2,1-4H3,(H,28,30). The molecular formula is C26H31FN2O2. The highest BCUT2D eigenvalue weighted by molar-refractivity contribution is 5.87. The van der Waals surface area contributed by atoms with Gasteiger partial charge in [-0.3, -0.25) is 4.79 Å². The predicted molar refractivity (Wildman–Crippen MR) is 122 cm³/mol. The lowest BCUT2D eigenvalue weighted by Gasteiger charge is -2.26. The van der Waals surface area contributed by atoms with Crippen LogP contribution in [0.5, 0.6) is 5.75 Å². The number of benzene rings is 2. The lowest BCUT2D eigenvalue weighted by molar-refractivity contribution is -0.124. The van der Waals surface area contributed by atoms with Crippen molar-refractivity contribution in [1.82, 2.24) is 9.88 Å². The zero-order valence-corrected chi connectivity index (χ0v) is 18.7. The first kappa shape index (κ1) is 21.4. The molecule has 0 saturated carbocycles. The van der Waals surface area contributed by atoms with Crippen LogP contribution in [0.25, 0.3) is 10.9 Å². The molecule has 2 aromatic carbocycles. The zero-order valence-electron chi connectivity index (χ0n) is 18.7. The lowest BCUT2D eigenvalue weighted by atomic mass is 9.91. The van der Waals surface area contributed by atoms with E-state index in [1.54, 1.807) is 12.1 Å². The summed E-state index contributed by atoms with van der Waals surface area (Å²) in [5.41, 5.74) is 4.61. The van der Waals surface area contributed by atoms with E-state index in [1.807, 2.05) is 39.8 Å². The molecule has 1 atom stereocenters. The molecule has 0 radical (unpaired) electrons. The summed E-state index contributed by atoms with van der Waals surface area (Å²) >= 11 is 0. The average molecular weight is 423 g/mol. The number of aromatic nitrogens is 1. The molecule has 4 rings (SSSR count). The third-order valence-electron chi connectivity index (χ3n) is 5.91. The van der Waals surface area contributed by atoms with E-state index in [9.17, 15) is 9.18 Å². The average Bonchev–Trinajstić information content (AvgIpc) is 3.00. The van der Waals surface area contributed by atoms with Crippen molar-refractivity contribution in [3.05, 3.63) is 65.1 Å². The van der Waals surface area contributed by atoms with E-state index in [2.05, 4.69) is 22.0 Å². The molecular weight excluding hydrogens is 391 g/mol. The summed E-state index contributed by atoms with van der Waals surface area (Å²) in [7, 11) is 0. The Morgan fingerprint density at radius 2 is 2.00 bits per heavy atom. The minimum absolute atomic E-state index is 0.0261. The fourth-order valence-electron chi connectivity index (χ4n) is 4.46. The number of carbonyl (C=O) groups is 1. The van der Waals surface area contributed by atoms with Crippen LogP contribution in [-0.4, -0.2) is 22.6 Å². The van der Waals surface area contributed by atoms with Gasteiger partial charge in [0.05, 0.1) is 6.10 Å². The van der Waals surface area contributed by atoms with Gasteiger partial charge in [0, 0.05) is 35.1 Å². The molecule has 0 aliphatic heterocycles. The van der Waals surface area contributed by atoms with Gasteiger partial charge in [-0.15, -0.1) is 0 Å². The van der Waals surface area contributed by atoms with Crippen molar-refractivity contribution in [2.75, 3.05) is 0 Å². The van der Waals surface area contributed by atoms with Crippen LogP contribution >= 0.6 is 0 Å². The summed E-state index contributed by atoms with van der Waals surface area (Å²) in [5, 5.41) is 4.37. The van der Waals surface area contributed by atoms with Gasteiger partial charge in [0.1, 0.15) is 11.6 Å². The Morgan fingerprint density at radius 1 is 1.19 bits per heavy atom. The van der Waals surface area contributed by atoms with Crippen LogP contribution in [-0.2, 0) is 24.2 Å². The van der Waals surface area contributed by atoms with Gasteiger partial charge in [0.2, 0.25) is 5.91 Å². The van der Waals surface area contributed by atoms with Crippen LogP contribution in [0.4, 0.5) is 4.39 Å². The van der Waals surface area contributed by atoms with Gasteiger partial charge in [0.15, 0.2) is 0 Å². The third kappa shape index (κ3) is 4.60. The highest BCUT2D eigenvalue weighted by Gasteiger charge is 2.27. The summed E-state index contributed by atoms with van der Waals surface area (Å²) in [6.45, 7) is 8.50. The van der Waals surface area contributed by atoms with E-state index >= 15 is 0 Å². The van der Waals surface area contributed by atoms with Crippen molar-refractivity contribution in [3.8, 4) is 5.75 Å². The lowest BCUT2D eigenvalue weighted by Crippen LogP contribution is -2.41. The maximum atomic E-state index is 13.8. The quantitative estimate of drug-likeness (QED) is 0.590. The third-order valence-corrected chi connectivity index (χ3v) is 5.91. The van der Waals surface area contributed by atoms with Crippen molar-refractivity contribution in [3.63, 3.8) is 0 Å². The molecule has 0 spiro atoms. The number of hydrogen-bond acceptors (Lipinski definition) is 2. The number of ether oxygens (including phenoxy) is 1. The van der Waals surface area contributed by atoms with Crippen LogP contribution in [0.3, 0.4) is 0 Å². The van der Waals surface area contributed by atoms with E-state index in [-0.39, 0.29) is 29.8 Å². The van der Waals surface area contributed by atoms with Crippen LogP contribution in [0.2, 0.25) is 0 Å². The van der Waals surface area contributed by atoms with Gasteiger partial charge >= 0.3 is 0 Å². The Balaban J connectivity index is 1.75. The Morgan fingerprint density at radius 3 is 2.71 bits per heavy atom. The molecule has 1 aliphatic rings. The summed E-state index contributed by atoms with van der Waals surface area (Å²) in [5.74, 6) is 0.705. The first-order valence-corrected chi connectivity index (χ1v) is 11.2. The van der Waals surface area contributed by atoms with Gasteiger partial charge in [0.25, 0.3) is 0 Å². The summed E-state index contributed by atoms with van der Waals surface area (Å²) in [4.78, 5) is 12.3. The van der Waals surface area contributed by atoms with Crippen molar-refractivity contribution >= 4 is 16.8 Å². The molecule has 1 heterocycles. The smallest absolute Gasteiger partial charge is 0.222 e. The largest absolute Gasteiger partial charge is 0.491 e. The molecule has 1 unspecified atom stereocenters. The second-order valence-electron chi connectivity index (χ2n) is 9.09. The number of halogens is 1. The van der Waals surface area contributed by atoms with Crippen molar-refractivity contribution < 1.29 is 13.9 Å². The number of nitrogens with zero attached hydrogens (tertiary/aromatic N) is 1. The van der Waals surface area contributed by atoms with Crippen molar-refractivity contribution in [2.45, 2.75) is 65.6 Å². The first-order chi connectivity index (χ1) is 14.8. The molecule has 0 saturated heterocycles. The van der Waals surface area contributed by atoms with Crippen LogP contribution in [0.15, 0.2) is 42.5 Å². The monoisotopic (exact) mass is 422 g/mol. The number of fused-ring (bicyclic) bond motifs is 3. The minimum atomic E-state index is -0.216. The van der Waals surface area contributed by atoms with E-state index in [4.69, 9.17) is 4.74 Å². The van der Waals surface area contributed by atoms with Crippen LogP contribution in [0, 0.1) is 11.7 Å².